The first-order valence-electron chi connectivity index (χ1n) is 6.46. The fourth-order valence-corrected chi connectivity index (χ4v) is 1.80. The number of esters is 1. The molecule has 0 amide bonds. The molecule has 0 radical (unpaired) electrons. The Hall–Kier alpha value is -2.30. The van der Waals surface area contributed by atoms with Crippen LogP contribution in [0.3, 0.4) is 0 Å². The van der Waals surface area contributed by atoms with Crippen LogP contribution in [-0.2, 0) is 16.1 Å². The molecule has 0 saturated heterocycles. The Morgan fingerprint density at radius 1 is 1.30 bits per heavy atom. The molecule has 0 fully saturated rings. The molecule has 5 heteroatoms. The lowest BCUT2D eigenvalue weighted by molar-refractivity contribution is -0.155. The summed E-state index contributed by atoms with van der Waals surface area (Å²) in [5.74, 6) is 0.0848. The van der Waals surface area contributed by atoms with E-state index in [9.17, 15) is 4.79 Å². The van der Waals surface area contributed by atoms with E-state index in [2.05, 4.69) is 5.10 Å². The summed E-state index contributed by atoms with van der Waals surface area (Å²) in [5, 5.41) is 4.34. The van der Waals surface area contributed by atoms with Crippen LogP contribution in [0.5, 0.6) is 0 Å². The van der Waals surface area contributed by atoms with Gasteiger partial charge in [-0.25, -0.2) is 4.68 Å². The number of hydrogen-bond acceptors (Lipinski definition) is 4. The van der Waals surface area contributed by atoms with Crippen LogP contribution in [0.2, 0.25) is 0 Å². The maximum Gasteiger partial charge on any atom is 0.328 e. The van der Waals surface area contributed by atoms with Gasteiger partial charge < -0.3 is 10.5 Å². The maximum absolute atomic E-state index is 11.8. The van der Waals surface area contributed by atoms with Crippen LogP contribution in [-0.4, -0.2) is 21.4 Å². The summed E-state index contributed by atoms with van der Waals surface area (Å²) in [4.78, 5) is 11.8. The van der Waals surface area contributed by atoms with Crippen LogP contribution in [0.4, 0.5) is 5.82 Å². The summed E-state index contributed by atoms with van der Waals surface area (Å²) in [5.41, 5.74) is 7.07. The van der Waals surface area contributed by atoms with Crippen molar-refractivity contribution in [2.24, 2.45) is 0 Å². The van der Waals surface area contributed by atoms with E-state index >= 15 is 0 Å². The van der Waals surface area contributed by atoms with Gasteiger partial charge >= 0.3 is 5.97 Å². The van der Waals surface area contributed by atoms with Crippen LogP contribution in [0.15, 0.2) is 36.4 Å². The van der Waals surface area contributed by atoms with Gasteiger partial charge in [-0.05, 0) is 20.8 Å². The largest absolute Gasteiger partial charge is 0.459 e. The number of rotatable bonds is 3. The summed E-state index contributed by atoms with van der Waals surface area (Å²) in [7, 11) is 0. The highest BCUT2D eigenvalue weighted by Gasteiger charge is 2.18. The number of hydrogen-bond donors (Lipinski definition) is 1. The first-order valence-corrected chi connectivity index (χ1v) is 6.46. The molecule has 1 aromatic heterocycles. The van der Waals surface area contributed by atoms with Crippen molar-refractivity contribution in [2.75, 3.05) is 5.73 Å². The van der Waals surface area contributed by atoms with E-state index < -0.39 is 5.60 Å². The van der Waals surface area contributed by atoms with Crippen LogP contribution in [0, 0.1) is 0 Å². The molecular weight excluding hydrogens is 254 g/mol. The third-order valence-electron chi connectivity index (χ3n) is 2.58. The number of nitrogens with zero attached hydrogens (tertiary/aromatic N) is 2. The first kappa shape index (κ1) is 14.1. The lowest BCUT2D eigenvalue weighted by Crippen LogP contribution is -2.27. The van der Waals surface area contributed by atoms with Crippen LogP contribution in [0.1, 0.15) is 20.8 Å². The molecule has 0 atom stereocenters. The molecule has 0 aliphatic heterocycles. The molecule has 0 aliphatic carbocycles. The summed E-state index contributed by atoms with van der Waals surface area (Å²) >= 11 is 0. The second-order valence-corrected chi connectivity index (χ2v) is 5.56. The Morgan fingerprint density at radius 3 is 2.55 bits per heavy atom. The number of nitrogen functional groups attached to an aromatic ring is 1. The fraction of sp³-hybridized carbons (Fsp3) is 0.333. The second kappa shape index (κ2) is 5.36. The van der Waals surface area contributed by atoms with Gasteiger partial charge in [0.15, 0.2) is 0 Å². The van der Waals surface area contributed by atoms with E-state index in [4.69, 9.17) is 10.5 Å². The lowest BCUT2D eigenvalue weighted by Gasteiger charge is -2.19. The Labute approximate surface area is 118 Å². The van der Waals surface area contributed by atoms with Crippen LogP contribution >= 0.6 is 0 Å². The Bertz CT molecular complexity index is 597. The number of anilines is 1. The van der Waals surface area contributed by atoms with Gasteiger partial charge in [-0.3, -0.25) is 4.79 Å². The van der Waals surface area contributed by atoms with Gasteiger partial charge in [0.2, 0.25) is 0 Å². The van der Waals surface area contributed by atoms with Crippen molar-refractivity contribution in [3.8, 4) is 11.3 Å². The third kappa shape index (κ3) is 3.60. The molecule has 0 aliphatic rings. The standard InChI is InChI=1S/C15H19N3O2/c1-15(2,3)20-14(19)10-18-13(16)9-12(17-18)11-7-5-4-6-8-11/h4-9H,10,16H2,1-3H3. The van der Waals surface area contributed by atoms with E-state index in [0.29, 0.717) is 5.82 Å². The zero-order valence-corrected chi connectivity index (χ0v) is 12.0. The molecule has 2 aromatic rings. The SMILES string of the molecule is CC(C)(C)OC(=O)Cn1nc(-c2ccccc2)cc1N. The van der Waals surface area contributed by atoms with E-state index in [1.165, 1.54) is 4.68 Å². The average Bonchev–Trinajstić information content (AvgIpc) is 2.70. The van der Waals surface area contributed by atoms with Gasteiger partial charge in [0.1, 0.15) is 18.0 Å². The number of carbonyl (C=O) groups is 1. The van der Waals surface area contributed by atoms with Gasteiger partial charge in [-0.2, -0.15) is 5.10 Å². The minimum Gasteiger partial charge on any atom is -0.459 e. The Kier molecular flexibility index (Phi) is 3.79. The third-order valence-corrected chi connectivity index (χ3v) is 2.58. The van der Waals surface area contributed by atoms with Gasteiger partial charge in [-0.15, -0.1) is 0 Å². The molecule has 2 N–H and O–H groups in total. The quantitative estimate of drug-likeness (QED) is 0.872. The zero-order chi connectivity index (χ0) is 14.8. The predicted molar refractivity (Wildman–Crippen MR) is 77.9 cm³/mol. The molecule has 1 aromatic carbocycles. The molecule has 0 bridgehead atoms. The van der Waals surface area contributed by atoms with Gasteiger partial charge in [0, 0.05) is 11.6 Å². The molecule has 2 rings (SSSR count). The number of benzene rings is 1. The van der Waals surface area contributed by atoms with Crippen molar-refractivity contribution in [1.82, 2.24) is 9.78 Å². The average molecular weight is 273 g/mol. The maximum atomic E-state index is 11.8. The monoisotopic (exact) mass is 273 g/mol. The summed E-state index contributed by atoms with van der Waals surface area (Å²) < 4.78 is 6.71. The zero-order valence-electron chi connectivity index (χ0n) is 12.0. The predicted octanol–water partition coefficient (Wildman–Crippen LogP) is 2.47. The fourth-order valence-electron chi connectivity index (χ4n) is 1.80. The van der Waals surface area contributed by atoms with E-state index in [1.54, 1.807) is 6.07 Å². The van der Waals surface area contributed by atoms with Crippen LogP contribution < -0.4 is 5.73 Å². The lowest BCUT2D eigenvalue weighted by atomic mass is 10.2. The molecule has 0 spiro atoms. The molecule has 5 nitrogen and oxygen atoms in total. The minimum atomic E-state index is -0.513. The van der Waals surface area contributed by atoms with Crippen molar-refractivity contribution < 1.29 is 9.53 Å². The van der Waals surface area contributed by atoms with E-state index in [-0.39, 0.29) is 12.5 Å². The van der Waals surface area contributed by atoms with Crippen molar-refractivity contribution >= 4 is 11.8 Å². The number of carbonyl (C=O) groups excluding carboxylic acids is 1. The van der Waals surface area contributed by atoms with Crippen molar-refractivity contribution in [1.29, 1.82) is 0 Å². The second-order valence-electron chi connectivity index (χ2n) is 5.56. The highest BCUT2D eigenvalue weighted by Crippen LogP contribution is 2.20. The van der Waals surface area contributed by atoms with E-state index in [0.717, 1.165) is 11.3 Å². The van der Waals surface area contributed by atoms with Crippen LogP contribution in [0.25, 0.3) is 11.3 Å². The number of aromatic nitrogens is 2. The van der Waals surface area contributed by atoms with Crippen molar-refractivity contribution in [3.05, 3.63) is 36.4 Å². The van der Waals surface area contributed by atoms with Gasteiger partial charge in [-0.1, -0.05) is 30.3 Å². The van der Waals surface area contributed by atoms with Crippen molar-refractivity contribution in [2.45, 2.75) is 32.9 Å². The van der Waals surface area contributed by atoms with Gasteiger partial charge in [0.25, 0.3) is 0 Å². The highest BCUT2D eigenvalue weighted by atomic mass is 16.6. The Balaban J connectivity index is 2.15. The van der Waals surface area contributed by atoms with Gasteiger partial charge in [0.05, 0.1) is 5.69 Å². The molecule has 20 heavy (non-hydrogen) atoms. The summed E-state index contributed by atoms with van der Waals surface area (Å²) in [6.45, 7) is 5.49. The number of ether oxygens (including phenoxy) is 1. The smallest absolute Gasteiger partial charge is 0.328 e. The highest BCUT2D eigenvalue weighted by molar-refractivity contribution is 5.71. The Morgan fingerprint density at radius 2 is 1.95 bits per heavy atom. The molecule has 106 valence electrons. The first-order chi connectivity index (χ1) is 9.35. The summed E-state index contributed by atoms with van der Waals surface area (Å²) in [6.07, 6.45) is 0. The van der Waals surface area contributed by atoms with E-state index in [1.807, 2.05) is 51.1 Å². The number of nitrogens with two attached hydrogens (primary N) is 1. The molecule has 0 saturated carbocycles. The topological polar surface area (TPSA) is 70.1 Å². The summed E-state index contributed by atoms with van der Waals surface area (Å²) in [6, 6.07) is 11.4. The normalized spacial score (nSPS) is 11.3. The molecular formula is C15H19N3O2. The molecule has 1 heterocycles. The molecule has 0 unspecified atom stereocenters. The van der Waals surface area contributed by atoms with Crippen molar-refractivity contribution in [3.63, 3.8) is 0 Å². The minimum absolute atomic E-state index is 0.00986.